The maximum Gasteiger partial charge on any atom is 0.0700 e. The van der Waals surface area contributed by atoms with Gasteiger partial charge in [0, 0.05) is 32.8 Å². The van der Waals surface area contributed by atoms with Gasteiger partial charge >= 0.3 is 0 Å². The lowest BCUT2D eigenvalue weighted by molar-refractivity contribution is 0.0613. The summed E-state index contributed by atoms with van der Waals surface area (Å²) in [4.78, 5) is 2.63. The molecule has 1 unspecified atom stereocenters. The molecule has 1 heterocycles. The lowest BCUT2D eigenvalue weighted by Gasteiger charge is -2.34. The molecule has 108 valence electrons. The average Bonchev–Trinajstić information content (AvgIpc) is 2.42. The van der Waals surface area contributed by atoms with Crippen LogP contribution in [0, 0.1) is 0 Å². The van der Waals surface area contributed by atoms with Gasteiger partial charge in [-0.25, -0.2) is 0 Å². The highest BCUT2D eigenvalue weighted by Gasteiger charge is 2.19. The quantitative estimate of drug-likeness (QED) is 0.602. The van der Waals surface area contributed by atoms with Gasteiger partial charge in [0.25, 0.3) is 0 Å². The predicted octanol–water partition coefficient (Wildman–Crippen LogP) is 1.50. The van der Waals surface area contributed by atoms with E-state index in [-0.39, 0.29) is 0 Å². The van der Waals surface area contributed by atoms with Crippen LogP contribution in [0.4, 0.5) is 0 Å². The summed E-state index contributed by atoms with van der Waals surface area (Å²) >= 11 is 0. The van der Waals surface area contributed by atoms with Crippen LogP contribution < -0.4 is 5.32 Å². The van der Waals surface area contributed by atoms with Crippen molar-refractivity contribution in [2.75, 3.05) is 53.1 Å². The molecule has 0 bridgehead atoms. The number of methoxy groups -OCH3 is 1. The standard InChI is InChI=1S/C14H30N2O2/c1-3-8-16(14-6-4-7-15-13-14)9-5-10-18-12-11-17-2/h14-15H,3-13H2,1-2H3. The summed E-state index contributed by atoms with van der Waals surface area (Å²) in [5.74, 6) is 0. The normalized spacial score (nSPS) is 20.5. The van der Waals surface area contributed by atoms with E-state index in [0.29, 0.717) is 6.61 Å². The van der Waals surface area contributed by atoms with E-state index in [1.165, 1.54) is 32.4 Å². The number of piperidine rings is 1. The number of ether oxygens (including phenoxy) is 2. The maximum atomic E-state index is 5.52. The highest BCUT2D eigenvalue weighted by molar-refractivity contribution is 4.78. The highest BCUT2D eigenvalue weighted by Crippen LogP contribution is 2.11. The van der Waals surface area contributed by atoms with Crippen molar-refractivity contribution in [3.8, 4) is 0 Å². The van der Waals surface area contributed by atoms with Crippen LogP contribution in [0.2, 0.25) is 0 Å². The number of nitrogens with one attached hydrogen (secondary N) is 1. The smallest absolute Gasteiger partial charge is 0.0700 e. The van der Waals surface area contributed by atoms with Crippen LogP contribution in [-0.2, 0) is 9.47 Å². The van der Waals surface area contributed by atoms with Gasteiger partial charge in [-0.2, -0.15) is 0 Å². The van der Waals surface area contributed by atoms with Crippen molar-refractivity contribution < 1.29 is 9.47 Å². The number of nitrogens with zero attached hydrogens (tertiary/aromatic N) is 1. The molecule has 0 aromatic heterocycles. The van der Waals surface area contributed by atoms with Gasteiger partial charge in [-0.3, -0.25) is 4.90 Å². The van der Waals surface area contributed by atoms with Crippen LogP contribution in [0.1, 0.15) is 32.6 Å². The Balaban J connectivity index is 2.12. The van der Waals surface area contributed by atoms with E-state index >= 15 is 0 Å². The third-order valence-electron chi connectivity index (χ3n) is 3.46. The second-order valence-corrected chi connectivity index (χ2v) is 4.99. The largest absolute Gasteiger partial charge is 0.382 e. The third kappa shape index (κ3) is 6.69. The first-order valence-electron chi connectivity index (χ1n) is 7.40. The third-order valence-corrected chi connectivity index (χ3v) is 3.46. The zero-order valence-corrected chi connectivity index (χ0v) is 12.1. The minimum atomic E-state index is 0.700. The molecule has 1 rings (SSSR count). The lowest BCUT2D eigenvalue weighted by Crippen LogP contribution is -2.46. The Labute approximate surface area is 112 Å². The Morgan fingerprint density at radius 2 is 2.11 bits per heavy atom. The van der Waals surface area contributed by atoms with Crippen molar-refractivity contribution in [2.24, 2.45) is 0 Å². The fraction of sp³-hybridized carbons (Fsp3) is 1.00. The van der Waals surface area contributed by atoms with Crippen LogP contribution in [-0.4, -0.2) is 64.1 Å². The molecule has 18 heavy (non-hydrogen) atoms. The van der Waals surface area contributed by atoms with Crippen molar-refractivity contribution in [1.29, 1.82) is 0 Å². The maximum absolute atomic E-state index is 5.52. The lowest BCUT2D eigenvalue weighted by atomic mass is 10.1. The molecule has 0 aliphatic carbocycles. The zero-order valence-electron chi connectivity index (χ0n) is 12.1. The van der Waals surface area contributed by atoms with Crippen molar-refractivity contribution in [1.82, 2.24) is 10.2 Å². The second kappa shape index (κ2) is 10.7. The molecule has 1 aliphatic heterocycles. The van der Waals surface area contributed by atoms with Crippen molar-refractivity contribution in [3.05, 3.63) is 0 Å². The summed E-state index contributed by atoms with van der Waals surface area (Å²) in [7, 11) is 1.71. The minimum absolute atomic E-state index is 0.700. The molecular formula is C14H30N2O2. The monoisotopic (exact) mass is 258 g/mol. The van der Waals surface area contributed by atoms with Gasteiger partial charge in [-0.1, -0.05) is 6.92 Å². The summed E-state index contributed by atoms with van der Waals surface area (Å²) in [5, 5.41) is 3.50. The van der Waals surface area contributed by atoms with Gasteiger partial charge in [0.15, 0.2) is 0 Å². The summed E-state index contributed by atoms with van der Waals surface area (Å²) in [6.07, 6.45) is 5.02. The van der Waals surface area contributed by atoms with Gasteiger partial charge in [0.1, 0.15) is 0 Å². The van der Waals surface area contributed by atoms with Crippen LogP contribution in [0.3, 0.4) is 0 Å². The first-order valence-corrected chi connectivity index (χ1v) is 7.40. The molecule has 4 nitrogen and oxygen atoms in total. The molecule has 1 fully saturated rings. The van der Waals surface area contributed by atoms with E-state index in [1.807, 2.05) is 0 Å². The SMILES string of the molecule is CCCN(CCCOCCOC)C1CCCNC1. The molecule has 1 N–H and O–H groups in total. The van der Waals surface area contributed by atoms with Gasteiger partial charge in [-0.15, -0.1) is 0 Å². The zero-order chi connectivity index (χ0) is 13.1. The van der Waals surface area contributed by atoms with Crippen LogP contribution >= 0.6 is 0 Å². The molecule has 0 aromatic rings. The van der Waals surface area contributed by atoms with E-state index in [1.54, 1.807) is 7.11 Å². The van der Waals surface area contributed by atoms with Gasteiger partial charge < -0.3 is 14.8 Å². The minimum Gasteiger partial charge on any atom is -0.382 e. The summed E-state index contributed by atoms with van der Waals surface area (Å²) < 4.78 is 10.5. The van der Waals surface area contributed by atoms with E-state index in [2.05, 4.69) is 17.1 Å². The number of rotatable bonds is 10. The molecule has 0 radical (unpaired) electrons. The Hall–Kier alpha value is -0.160. The summed E-state index contributed by atoms with van der Waals surface area (Å²) in [6.45, 7) is 9.25. The van der Waals surface area contributed by atoms with E-state index in [0.717, 1.165) is 38.8 Å². The number of hydrogen-bond acceptors (Lipinski definition) is 4. The first-order chi connectivity index (χ1) is 8.88. The second-order valence-electron chi connectivity index (χ2n) is 4.99. The van der Waals surface area contributed by atoms with Gasteiger partial charge in [-0.05, 0) is 38.8 Å². The van der Waals surface area contributed by atoms with Crippen molar-refractivity contribution in [3.63, 3.8) is 0 Å². The van der Waals surface area contributed by atoms with Gasteiger partial charge in [0.05, 0.1) is 13.2 Å². The van der Waals surface area contributed by atoms with Crippen LogP contribution in [0.15, 0.2) is 0 Å². The van der Waals surface area contributed by atoms with Crippen LogP contribution in [0.25, 0.3) is 0 Å². The molecule has 0 saturated carbocycles. The molecule has 0 spiro atoms. The van der Waals surface area contributed by atoms with Gasteiger partial charge in [0.2, 0.25) is 0 Å². The van der Waals surface area contributed by atoms with E-state index in [4.69, 9.17) is 9.47 Å². The summed E-state index contributed by atoms with van der Waals surface area (Å²) in [5.41, 5.74) is 0. The molecular weight excluding hydrogens is 228 g/mol. The molecule has 1 saturated heterocycles. The number of hydrogen-bond donors (Lipinski definition) is 1. The molecule has 1 atom stereocenters. The van der Waals surface area contributed by atoms with Crippen molar-refractivity contribution in [2.45, 2.75) is 38.6 Å². The predicted molar refractivity (Wildman–Crippen MR) is 75.1 cm³/mol. The Morgan fingerprint density at radius 3 is 2.78 bits per heavy atom. The molecule has 0 aromatic carbocycles. The average molecular weight is 258 g/mol. The topological polar surface area (TPSA) is 33.7 Å². The molecule has 1 aliphatic rings. The van der Waals surface area contributed by atoms with E-state index < -0.39 is 0 Å². The summed E-state index contributed by atoms with van der Waals surface area (Å²) in [6, 6.07) is 0.734. The Kier molecular flexibility index (Phi) is 9.48. The fourth-order valence-corrected chi connectivity index (χ4v) is 2.52. The molecule has 0 amide bonds. The van der Waals surface area contributed by atoms with Crippen molar-refractivity contribution >= 4 is 0 Å². The first kappa shape index (κ1) is 15.9. The van der Waals surface area contributed by atoms with E-state index in [9.17, 15) is 0 Å². The highest BCUT2D eigenvalue weighted by atomic mass is 16.5. The Morgan fingerprint density at radius 1 is 1.22 bits per heavy atom. The Bertz CT molecular complexity index is 185. The van der Waals surface area contributed by atoms with Crippen LogP contribution in [0.5, 0.6) is 0 Å². The fourth-order valence-electron chi connectivity index (χ4n) is 2.52. The molecule has 4 heteroatoms.